The Labute approximate surface area is 117 Å². The second kappa shape index (κ2) is 5.61. The predicted octanol–water partition coefficient (Wildman–Crippen LogP) is 2.22. The van der Waals surface area contributed by atoms with Gasteiger partial charge in [-0.3, -0.25) is 4.79 Å². The summed E-state index contributed by atoms with van der Waals surface area (Å²) < 4.78 is 18.9. The molecule has 1 amide bonds. The molecule has 1 fully saturated rings. The molecule has 1 unspecified atom stereocenters. The smallest absolute Gasteiger partial charge is 0.338 e. The molecule has 20 heavy (non-hydrogen) atoms. The van der Waals surface area contributed by atoms with Crippen molar-refractivity contribution in [3.63, 3.8) is 0 Å². The highest BCUT2D eigenvalue weighted by atomic mass is 19.1. The molecule has 0 aliphatic carbocycles. The van der Waals surface area contributed by atoms with E-state index in [1.54, 1.807) is 18.7 Å². The monoisotopic (exact) mass is 279 g/mol. The fourth-order valence-electron chi connectivity index (χ4n) is 2.39. The van der Waals surface area contributed by atoms with Crippen LogP contribution in [0.2, 0.25) is 0 Å². The van der Waals surface area contributed by atoms with Crippen LogP contribution in [0.25, 0.3) is 0 Å². The average molecular weight is 279 g/mol. The van der Waals surface area contributed by atoms with Crippen molar-refractivity contribution in [2.24, 2.45) is 0 Å². The molecule has 1 aromatic rings. The predicted molar refractivity (Wildman–Crippen MR) is 71.9 cm³/mol. The second-order valence-electron chi connectivity index (χ2n) is 5.21. The molecule has 2 rings (SSSR count). The van der Waals surface area contributed by atoms with Crippen molar-refractivity contribution in [1.82, 2.24) is 4.90 Å². The molecule has 0 aromatic heterocycles. The van der Waals surface area contributed by atoms with Crippen LogP contribution in [0.4, 0.5) is 4.39 Å². The van der Waals surface area contributed by atoms with Gasteiger partial charge in [0.15, 0.2) is 0 Å². The zero-order chi connectivity index (χ0) is 14.9. The summed E-state index contributed by atoms with van der Waals surface area (Å²) in [5.41, 5.74) is 1.20. The molecule has 0 bridgehead atoms. The summed E-state index contributed by atoms with van der Waals surface area (Å²) in [6.45, 7) is 5.77. The first-order valence-electron chi connectivity index (χ1n) is 6.61. The van der Waals surface area contributed by atoms with E-state index in [0.29, 0.717) is 36.2 Å². The third kappa shape index (κ3) is 2.98. The van der Waals surface area contributed by atoms with Crippen molar-refractivity contribution in [3.8, 4) is 0 Å². The highest BCUT2D eigenvalue weighted by Crippen LogP contribution is 2.18. The highest BCUT2D eigenvalue weighted by Gasteiger charge is 2.27. The van der Waals surface area contributed by atoms with Crippen LogP contribution < -0.4 is 0 Å². The van der Waals surface area contributed by atoms with Gasteiger partial charge in [-0.2, -0.15) is 0 Å². The van der Waals surface area contributed by atoms with Gasteiger partial charge in [0.25, 0.3) is 0 Å². The minimum Gasteiger partial charge on any atom is -0.457 e. The zero-order valence-electron chi connectivity index (χ0n) is 11.9. The van der Waals surface area contributed by atoms with Gasteiger partial charge in [-0.25, -0.2) is 9.18 Å². The number of aryl methyl sites for hydroxylation is 2. The van der Waals surface area contributed by atoms with Gasteiger partial charge in [-0.15, -0.1) is 0 Å². The van der Waals surface area contributed by atoms with Crippen LogP contribution in [0.1, 0.15) is 34.8 Å². The normalized spacial score (nSPS) is 18.2. The Bertz CT molecular complexity index is 533. The lowest BCUT2D eigenvalue weighted by atomic mass is 10.1. The van der Waals surface area contributed by atoms with E-state index in [-0.39, 0.29) is 17.8 Å². The summed E-state index contributed by atoms with van der Waals surface area (Å²) >= 11 is 0. The highest BCUT2D eigenvalue weighted by molar-refractivity contribution is 5.90. The number of carbonyl (C=O) groups excluding carboxylic acids is 2. The van der Waals surface area contributed by atoms with Gasteiger partial charge in [0.2, 0.25) is 5.91 Å². The first-order valence-corrected chi connectivity index (χ1v) is 6.61. The Hall–Kier alpha value is -1.91. The molecule has 1 saturated heterocycles. The average Bonchev–Trinajstić information content (AvgIpc) is 2.84. The molecule has 108 valence electrons. The van der Waals surface area contributed by atoms with Gasteiger partial charge < -0.3 is 9.64 Å². The minimum absolute atomic E-state index is 0.0166. The van der Waals surface area contributed by atoms with Gasteiger partial charge in [-0.05, 0) is 37.1 Å². The van der Waals surface area contributed by atoms with E-state index in [1.807, 2.05) is 0 Å². The fourth-order valence-corrected chi connectivity index (χ4v) is 2.39. The molecule has 5 heteroatoms. The number of amides is 1. The summed E-state index contributed by atoms with van der Waals surface area (Å²) in [6, 6.07) is 2.98. The van der Waals surface area contributed by atoms with Crippen molar-refractivity contribution in [2.75, 3.05) is 13.1 Å². The topological polar surface area (TPSA) is 46.6 Å². The van der Waals surface area contributed by atoms with E-state index >= 15 is 0 Å². The summed E-state index contributed by atoms with van der Waals surface area (Å²) in [6.07, 6.45) is 0.363. The van der Waals surface area contributed by atoms with Crippen LogP contribution in [-0.2, 0) is 9.53 Å². The van der Waals surface area contributed by atoms with E-state index < -0.39 is 5.97 Å². The maximum atomic E-state index is 13.5. The molecular formula is C15H18FNO3. The number of halogens is 1. The molecule has 1 aromatic carbocycles. The van der Waals surface area contributed by atoms with Crippen molar-refractivity contribution in [2.45, 2.75) is 33.3 Å². The Kier molecular flexibility index (Phi) is 4.06. The molecule has 1 aliphatic heterocycles. The maximum absolute atomic E-state index is 13.5. The van der Waals surface area contributed by atoms with Crippen LogP contribution in [0.15, 0.2) is 12.1 Å². The number of ether oxygens (including phenoxy) is 1. The van der Waals surface area contributed by atoms with Gasteiger partial charge >= 0.3 is 5.97 Å². The number of hydrogen-bond acceptors (Lipinski definition) is 3. The van der Waals surface area contributed by atoms with Gasteiger partial charge in [0, 0.05) is 19.9 Å². The molecule has 0 spiro atoms. The van der Waals surface area contributed by atoms with E-state index in [0.717, 1.165) is 0 Å². The molecule has 0 saturated carbocycles. The summed E-state index contributed by atoms with van der Waals surface area (Å²) in [7, 11) is 0. The van der Waals surface area contributed by atoms with Crippen molar-refractivity contribution < 1.29 is 18.7 Å². The number of likely N-dealkylation sites (tertiary alicyclic amines) is 1. The van der Waals surface area contributed by atoms with Crippen molar-refractivity contribution in [3.05, 3.63) is 34.6 Å². The molecular weight excluding hydrogens is 261 g/mol. The third-order valence-corrected chi connectivity index (χ3v) is 3.54. The molecule has 4 nitrogen and oxygen atoms in total. The lowest BCUT2D eigenvalue weighted by Gasteiger charge is -2.15. The Morgan fingerprint density at radius 3 is 2.40 bits per heavy atom. The number of carbonyl (C=O) groups is 2. The third-order valence-electron chi connectivity index (χ3n) is 3.54. The van der Waals surface area contributed by atoms with Gasteiger partial charge in [-0.1, -0.05) is 0 Å². The summed E-state index contributed by atoms with van der Waals surface area (Å²) in [5.74, 6) is -0.784. The molecule has 1 atom stereocenters. The van der Waals surface area contributed by atoms with E-state index in [4.69, 9.17) is 4.74 Å². The molecule has 0 N–H and O–H groups in total. The standard InChI is InChI=1S/C15H18FNO3/c1-9-6-12(7-10(2)14(9)16)15(19)20-13-4-5-17(8-13)11(3)18/h6-7,13H,4-5,8H2,1-3H3. The quantitative estimate of drug-likeness (QED) is 0.780. The second-order valence-corrected chi connectivity index (χ2v) is 5.21. The van der Waals surface area contributed by atoms with Gasteiger partial charge in [0.05, 0.1) is 12.1 Å². The van der Waals surface area contributed by atoms with Crippen molar-refractivity contribution in [1.29, 1.82) is 0 Å². The van der Waals surface area contributed by atoms with Gasteiger partial charge in [0.1, 0.15) is 11.9 Å². The molecule has 0 radical (unpaired) electrons. The molecule has 1 aliphatic rings. The number of hydrogen-bond donors (Lipinski definition) is 0. The van der Waals surface area contributed by atoms with Crippen LogP contribution in [0, 0.1) is 19.7 Å². The van der Waals surface area contributed by atoms with E-state index in [2.05, 4.69) is 0 Å². The largest absolute Gasteiger partial charge is 0.457 e. The summed E-state index contributed by atoms with van der Waals surface area (Å²) in [5, 5.41) is 0. The Morgan fingerprint density at radius 2 is 1.90 bits per heavy atom. The van der Waals surface area contributed by atoms with Crippen molar-refractivity contribution >= 4 is 11.9 Å². The first-order chi connectivity index (χ1) is 9.38. The number of benzene rings is 1. The van der Waals surface area contributed by atoms with Crippen LogP contribution >= 0.6 is 0 Å². The fraction of sp³-hybridized carbons (Fsp3) is 0.467. The number of nitrogens with zero attached hydrogens (tertiary/aromatic N) is 1. The lowest BCUT2D eigenvalue weighted by molar-refractivity contribution is -0.128. The number of rotatable bonds is 2. The first kappa shape index (κ1) is 14.5. The minimum atomic E-state index is -0.466. The Morgan fingerprint density at radius 1 is 1.30 bits per heavy atom. The Balaban J connectivity index is 2.04. The maximum Gasteiger partial charge on any atom is 0.338 e. The summed E-state index contributed by atoms with van der Waals surface area (Å²) in [4.78, 5) is 24.9. The lowest BCUT2D eigenvalue weighted by Crippen LogP contribution is -2.28. The zero-order valence-corrected chi connectivity index (χ0v) is 11.9. The van der Waals surface area contributed by atoms with Crippen LogP contribution in [0.3, 0.4) is 0 Å². The molecule has 1 heterocycles. The van der Waals surface area contributed by atoms with Crippen LogP contribution in [0.5, 0.6) is 0 Å². The van der Waals surface area contributed by atoms with E-state index in [9.17, 15) is 14.0 Å². The van der Waals surface area contributed by atoms with E-state index in [1.165, 1.54) is 19.1 Å². The van der Waals surface area contributed by atoms with Crippen LogP contribution in [-0.4, -0.2) is 36.0 Å². The SMILES string of the molecule is CC(=O)N1CCC(OC(=O)c2cc(C)c(F)c(C)c2)C1. The number of esters is 1.